The van der Waals surface area contributed by atoms with Crippen LogP contribution in [-0.2, 0) is 4.79 Å². The smallest absolute Gasteiger partial charge is 0.227 e. The minimum absolute atomic E-state index is 0.0576. The molecule has 1 fully saturated rings. The molecule has 6 heterocycles. The molecule has 9 nitrogen and oxygen atoms in total. The van der Waals surface area contributed by atoms with E-state index in [4.69, 9.17) is 4.98 Å². The predicted molar refractivity (Wildman–Crippen MR) is 144 cm³/mol. The van der Waals surface area contributed by atoms with Gasteiger partial charge in [0, 0.05) is 34.1 Å². The highest BCUT2D eigenvalue weighted by molar-refractivity contribution is 7.15. The third kappa shape index (κ3) is 3.86. The fourth-order valence-corrected chi connectivity index (χ4v) is 5.47. The van der Waals surface area contributed by atoms with Crippen molar-refractivity contribution in [2.45, 2.75) is 26.2 Å². The zero-order chi connectivity index (χ0) is 24.9. The molecule has 0 radical (unpaired) electrons. The minimum atomic E-state index is 0.0576. The summed E-state index contributed by atoms with van der Waals surface area (Å²) in [5.41, 5.74) is 6.27. The Balaban J connectivity index is 1.26. The van der Waals surface area contributed by atoms with E-state index in [1.807, 2.05) is 18.2 Å². The number of hydrogen-bond donors (Lipinski definition) is 3. The SMILES string of the molecule is Cc1ccc(-c2nccc3[nH]c(-c4n[nH]c5cnc(-c6cncc(NC(=O)C7CCC7)c6)cc45)nc23)s1. The third-order valence-corrected chi connectivity index (χ3v) is 7.83. The van der Waals surface area contributed by atoms with Crippen LogP contribution < -0.4 is 5.32 Å². The number of rotatable bonds is 5. The van der Waals surface area contributed by atoms with Crippen molar-refractivity contribution in [2.24, 2.45) is 5.92 Å². The summed E-state index contributed by atoms with van der Waals surface area (Å²) in [5, 5.41) is 11.5. The van der Waals surface area contributed by atoms with Gasteiger partial charge in [-0.05, 0) is 50.1 Å². The molecule has 6 aromatic heterocycles. The first kappa shape index (κ1) is 21.8. The van der Waals surface area contributed by atoms with Crippen molar-refractivity contribution in [1.29, 1.82) is 0 Å². The third-order valence-electron chi connectivity index (χ3n) is 6.82. The maximum Gasteiger partial charge on any atom is 0.227 e. The van der Waals surface area contributed by atoms with Gasteiger partial charge in [0.1, 0.15) is 16.9 Å². The topological polar surface area (TPSA) is 125 Å². The normalized spacial score (nSPS) is 13.8. The number of aryl methyl sites for hydroxylation is 1. The van der Waals surface area contributed by atoms with Crippen molar-refractivity contribution in [2.75, 3.05) is 5.32 Å². The van der Waals surface area contributed by atoms with Gasteiger partial charge in [-0.15, -0.1) is 11.3 Å². The summed E-state index contributed by atoms with van der Waals surface area (Å²) in [7, 11) is 0. The number of aromatic nitrogens is 7. The van der Waals surface area contributed by atoms with Crippen LogP contribution in [0.2, 0.25) is 0 Å². The molecule has 1 aliphatic rings. The predicted octanol–water partition coefficient (Wildman–Crippen LogP) is 5.73. The summed E-state index contributed by atoms with van der Waals surface area (Å²) < 4.78 is 0. The second kappa shape index (κ2) is 8.59. The molecule has 37 heavy (non-hydrogen) atoms. The molecule has 0 spiro atoms. The standard InChI is InChI=1S/C27H22N8OS/c1-14-5-6-22(37-14)25-24-19(7-8-29-25)32-26(33-24)23-18-10-20(30-13-21(18)34-35-23)16-9-17(12-28-11-16)31-27(36)15-3-2-4-15/h5-13,15H,2-4H2,1H3,(H,31,36)(H,32,33)(H,34,35). The number of carbonyl (C=O) groups is 1. The van der Waals surface area contributed by atoms with E-state index in [0.29, 0.717) is 17.2 Å². The Morgan fingerprint density at radius 1 is 1.05 bits per heavy atom. The van der Waals surface area contributed by atoms with E-state index in [1.165, 1.54) is 4.88 Å². The monoisotopic (exact) mass is 506 g/mol. The van der Waals surface area contributed by atoms with Gasteiger partial charge >= 0.3 is 0 Å². The Hall–Kier alpha value is -4.44. The number of pyridine rings is 3. The number of amides is 1. The lowest BCUT2D eigenvalue weighted by atomic mass is 9.85. The van der Waals surface area contributed by atoms with E-state index in [2.05, 4.69) is 54.5 Å². The van der Waals surface area contributed by atoms with Gasteiger partial charge in [-0.25, -0.2) is 4.98 Å². The maximum absolute atomic E-state index is 12.4. The number of aromatic amines is 2. The highest BCUT2D eigenvalue weighted by Crippen LogP contribution is 2.34. The zero-order valence-electron chi connectivity index (χ0n) is 19.9. The van der Waals surface area contributed by atoms with Gasteiger partial charge in [-0.2, -0.15) is 5.10 Å². The Kier molecular flexibility index (Phi) is 5.07. The number of hydrogen-bond acceptors (Lipinski definition) is 7. The average molecular weight is 507 g/mol. The van der Waals surface area contributed by atoms with E-state index < -0.39 is 0 Å². The lowest BCUT2D eigenvalue weighted by molar-refractivity contribution is -0.122. The Morgan fingerprint density at radius 2 is 1.97 bits per heavy atom. The molecular weight excluding hydrogens is 484 g/mol. The van der Waals surface area contributed by atoms with Crippen molar-refractivity contribution in [3.05, 3.63) is 60.0 Å². The molecule has 10 heteroatoms. The first-order valence-corrected chi connectivity index (χ1v) is 13.0. The number of thiophene rings is 1. The highest BCUT2D eigenvalue weighted by Gasteiger charge is 2.25. The van der Waals surface area contributed by atoms with Crippen LogP contribution in [0.5, 0.6) is 0 Å². The van der Waals surface area contributed by atoms with Crippen molar-refractivity contribution in [3.63, 3.8) is 0 Å². The molecule has 0 aliphatic heterocycles. The van der Waals surface area contributed by atoms with Crippen LogP contribution in [0.1, 0.15) is 24.1 Å². The number of imidazole rings is 1. The van der Waals surface area contributed by atoms with E-state index in [9.17, 15) is 4.79 Å². The quantitative estimate of drug-likeness (QED) is 0.274. The van der Waals surface area contributed by atoms with Crippen LogP contribution in [0.15, 0.2) is 55.1 Å². The van der Waals surface area contributed by atoms with E-state index in [0.717, 1.165) is 63.0 Å². The van der Waals surface area contributed by atoms with Crippen LogP contribution in [0.3, 0.4) is 0 Å². The van der Waals surface area contributed by atoms with E-state index >= 15 is 0 Å². The maximum atomic E-state index is 12.4. The number of carbonyl (C=O) groups excluding carboxylic acids is 1. The van der Waals surface area contributed by atoms with Crippen LogP contribution in [0, 0.1) is 12.8 Å². The summed E-state index contributed by atoms with van der Waals surface area (Å²) in [6, 6.07) is 9.96. The number of H-pyrrole nitrogens is 2. The molecular formula is C27H22N8OS. The van der Waals surface area contributed by atoms with E-state index in [1.54, 1.807) is 36.1 Å². The van der Waals surface area contributed by atoms with E-state index in [-0.39, 0.29) is 11.8 Å². The second-order valence-electron chi connectivity index (χ2n) is 9.32. The van der Waals surface area contributed by atoms with Gasteiger partial charge in [0.2, 0.25) is 5.91 Å². The van der Waals surface area contributed by atoms with Crippen LogP contribution in [0.4, 0.5) is 5.69 Å². The van der Waals surface area contributed by atoms with Gasteiger partial charge in [-0.3, -0.25) is 24.8 Å². The van der Waals surface area contributed by atoms with Gasteiger partial charge in [0.05, 0.1) is 39.7 Å². The average Bonchev–Trinajstić information content (AvgIpc) is 3.60. The van der Waals surface area contributed by atoms with Crippen molar-refractivity contribution >= 4 is 44.9 Å². The molecule has 182 valence electrons. The molecule has 3 N–H and O–H groups in total. The Morgan fingerprint density at radius 3 is 2.78 bits per heavy atom. The van der Waals surface area contributed by atoms with Crippen molar-refractivity contribution in [3.8, 4) is 33.3 Å². The molecule has 1 saturated carbocycles. The Labute approximate surface area is 215 Å². The number of nitrogens with zero attached hydrogens (tertiary/aromatic N) is 5. The van der Waals surface area contributed by atoms with Crippen molar-refractivity contribution < 1.29 is 4.79 Å². The summed E-state index contributed by atoms with van der Waals surface area (Å²) in [6.45, 7) is 2.08. The zero-order valence-corrected chi connectivity index (χ0v) is 20.8. The molecule has 0 aromatic carbocycles. The van der Waals surface area contributed by atoms with Crippen LogP contribution in [0.25, 0.3) is 55.3 Å². The van der Waals surface area contributed by atoms with Gasteiger partial charge < -0.3 is 10.3 Å². The summed E-state index contributed by atoms with van der Waals surface area (Å²) >= 11 is 1.70. The first-order chi connectivity index (χ1) is 18.1. The van der Waals surface area contributed by atoms with Crippen LogP contribution in [-0.4, -0.2) is 41.0 Å². The first-order valence-electron chi connectivity index (χ1n) is 12.1. The molecule has 0 bridgehead atoms. The molecule has 7 rings (SSSR count). The van der Waals surface area contributed by atoms with Gasteiger partial charge in [0.25, 0.3) is 0 Å². The minimum Gasteiger partial charge on any atom is -0.336 e. The fraction of sp³-hybridized carbons (Fsp3) is 0.185. The number of nitrogens with one attached hydrogen (secondary N) is 3. The molecule has 0 atom stereocenters. The number of fused-ring (bicyclic) bond motifs is 2. The lowest BCUT2D eigenvalue weighted by Crippen LogP contribution is -2.28. The summed E-state index contributed by atoms with van der Waals surface area (Å²) in [5.74, 6) is 0.817. The fourth-order valence-electron chi connectivity index (χ4n) is 4.61. The molecule has 0 unspecified atom stereocenters. The highest BCUT2D eigenvalue weighted by atomic mass is 32.1. The molecule has 1 aliphatic carbocycles. The second-order valence-corrected chi connectivity index (χ2v) is 10.6. The van der Waals surface area contributed by atoms with Gasteiger partial charge in [-0.1, -0.05) is 6.42 Å². The lowest BCUT2D eigenvalue weighted by Gasteiger charge is -2.24. The molecule has 6 aromatic rings. The largest absolute Gasteiger partial charge is 0.336 e. The van der Waals surface area contributed by atoms with Gasteiger partial charge in [0.15, 0.2) is 5.82 Å². The summed E-state index contributed by atoms with van der Waals surface area (Å²) in [4.78, 5) is 36.5. The molecule has 0 saturated heterocycles. The summed E-state index contributed by atoms with van der Waals surface area (Å²) in [6.07, 6.45) is 9.98. The Bertz CT molecular complexity index is 1790. The van der Waals surface area contributed by atoms with Crippen LogP contribution >= 0.6 is 11.3 Å². The number of anilines is 1. The molecule has 1 amide bonds. The van der Waals surface area contributed by atoms with Crippen molar-refractivity contribution in [1.82, 2.24) is 35.1 Å².